The summed E-state index contributed by atoms with van der Waals surface area (Å²) in [4.78, 5) is 39.4. The second kappa shape index (κ2) is 7.12. The molecule has 28 heavy (non-hydrogen) atoms. The van der Waals surface area contributed by atoms with E-state index >= 15 is 0 Å². The molecule has 0 fully saturated rings. The Labute approximate surface area is 162 Å². The molecule has 0 bridgehead atoms. The normalized spacial score (nSPS) is 12.8. The number of carbonyl (C=O) groups excluding carboxylic acids is 3. The van der Waals surface area contributed by atoms with Gasteiger partial charge < -0.3 is 5.32 Å². The van der Waals surface area contributed by atoms with E-state index in [0.717, 1.165) is 16.0 Å². The maximum Gasteiger partial charge on any atom is 0.266 e. The number of nitrogens with zero attached hydrogens (tertiary/aromatic N) is 1. The SMILES string of the molecule is Cc1cccc(CNC(=O)c2ccccc2N2C(=O)c3ccccc3C2=O)c1. The van der Waals surface area contributed by atoms with Crippen LogP contribution in [0, 0.1) is 6.92 Å². The van der Waals surface area contributed by atoms with Crippen LogP contribution in [0.2, 0.25) is 0 Å². The first-order valence-corrected chi connectivity index (χ1v) is 8.97. The number of nitrogens with one attached hydrogen (secondary N) is 1. The number of anilines is 1. The molecule has 1 N–H and O–H groups in total. The number of hydrogen-bond acceptors (Lipinski definition) is 3. The molecule has 4 rings (SSSR count). The van der Waals surface area contributed by atoms with Crippen molar-refractivity contribution in [3.63, 3.8) is 0 Å². The lowest BCUT2D eigenvalue weighted by Crippen LogP contribution is -2.32. The van der Waals surface area contributed by atoms with Gasteiger partial charge in [0, 0.05) is 6.54 Å². The minimum absolute atomic E-state index is 0.282. The summed E-state index contributed by atoms with van der Waals surface area (Å²) in [6.45, 7) is 2.35. The molecule has 5 heteroatoms. The fourth-order valence-electron chi connectivity index (χ4n) is 3.37. The third-order valence-electron chi connectivity index (χ3n) is 4.72. The van der Waals surface area contributed by atoms with E-state index in [0.29, 0.717) is 17.7 Å². The first-order valence-electron chi connectivity index (χ1n) is 8.97. The average Bonchev–Trinajstić information content (AvgIpc) is 2.97. The topological polar surface area (TPSA) is 66.5 Å². The first kappa shape index (κ1) is 17.7. The summed E-state index contributed by atoms with van der Waals surface area (Å²) < 4.78 is 0. The molecule has 1 aliphatic rings. The molecule has 0 radical (unpaired) electrons. The van der Waals surface area contributed by atoms with Gasteiger partial charge in [-0.1, -0.05) is 54.1 Å². The maximum atomic E-state index is 12.8. The molecular formula is C23H18N2O3. The van der Waals surface area contributed by atoms with Gasteiger partial charge in [0.05, 0.1) is 22.4 Å². The highest BCUT2D eigenvalue weighted by Gasteiger charge is 2.37. The van der Waals surface area contributed by atoms with Gasteiger partial charge in [-0.2, -0.15) is 0 Å². The summed E-state index contributed by atoms with van der Waals surface area (Å²) in [6, 6.07) is 21.2. The van der Waals surface area contributed by atoms with Crippen molar-refractivity contribution in [3.8, 4) is 0 Å². The van der Waals surface area contributed by atoms with Gasteiger partial charge in [-0.25, -0.2) is 4.90 Å². The highest BCUT2D eigenvalue weighted by Crippen LogP contribution is 2.30. The summed E-state index contributed by atoms with van der Waals surface area (Å²) in [5.41, 5.74) is 3.36. The van der Waals surface area contributed by atoms with Gasteiger partial charge in [-0.15, -0.1) is 0 Å². The van der Waals surface area contributed by atoms with Crippen LogP contribution in [-0.2, 0) is 6.54 Å². The lowest BCUT2D eigenvalue weighted by molar-refractivity contribution is 0.0926. The molecule has 0 saturated heterocycles. The lowest BCUT2D eigenvalue weighted by atomic mass is 10.1. The van der Waals surface area contributed by atoms with E-state index in [1.807, 2.05) is 31.2 Å². The standard InChI is InChI=1S/C23H18N2O3/c1-15-7-6-8-16(13-15)14-24-21(26)19-11-4-5-12-20(19)25-22(27)17-9-2-3-10-18(17)23(25)28/h2-13H,14H2,1H3,(H,24,26). The minimum Gasteiger partial charge on any atom is -0.348 e. The molecule has 3 amide bonds. The fourth-order valence-corrected chi connectivity index (χ4v) is 3.37. The van der Waals surface area contributed by atoms with Gasteiger partial charge in [-0.3, -0.25) is 14.4 Å². The van der Waals surface area contributed by atoms with Crippen LogP contribution in [0.1, 0.15) is 42.2 Å². The summed E-state index contributed by atoms with van der Waals surface area (Å²) in [6.07, 6.45) is 0. The summed E-state index contributed by atoms with van der Waals surface area (Å²) in [7, 11) is 0. The molecular weight excluding hydrogens is 352 g/mol. The smallest absolute Gasteiger partial charge is 0.266 e. The van der Waals surface area contributed by atoms with Crippen molar-refractivity contribution in [2.75, 3.05) is 4.90 Å². The molecule has 138 valence electrons. The van der Waals surface area contributed by atoms with Crippen LogP contribution >= 0.6 is 0 Å². The summed E-state index contributed by atoms with van der Waals surface area (Å²) >= 11 is 0. The predicted octanol–water partition coefficient (Wildman–Crippen LogP) is 3.73. The van der Waals surface area contributed by atoms with Gasteiger partial charge in [0.1, 0.15) is 0 Å². The number of hydrogen-bond donors (Lipinski definition) is 1. The number of fused-ring (bicyclic) bond motifs is 1. The fraction of sp³-hybridized carbons (Fsp3) is 0.0870. The van der Waals surface area contributed by atoms with E-state index in [2.05, 4.69) is 5.32 Å². The van der Waals surface area contributed by atoms with Crippen LogP contribution in [0.5, 0.6) is 0 Å². The number of carbonyl (C=O) groups is 3. The number of benzene rings is 3. The molecule has 1 aliphatic heterocycles. The van der Waals surface area contributed by atoms with Crippen LogP contribution in [-0.4, -0.2) is 17.7 Å². The summed E-state index contributed by atoms with van der Waals surface area (Å²) in [5.74, 6) is -1.17. The van der Waals surface area contributed by atoms with Gasteiger partial charge in [0.25, 0.3) is 17.7 Å². The highest BCUT2D eigenvalue weighted by molar-refractivity contribution is 6.35. The Bertz CT molecular complexity index is 1070. The number of rotatable bonds is 4. The lowest BCUT2D eigenvalue weighted by Gasteiger charge is -2.18. The van der Waals surface area contributed by atoms with Crippen LogP contribution in [0.15, 0.2) is 72.8 Å². The predicted molar refractivity (Wildman–Crippen MR) is 106 cm³/mol. The van der Waals surface area contributed by atoms with E-state index in [-0.39, 0.29) is 17.2 Å². The quantitative estimate of drug-likeness (QED) is 0.712. The van der Waals surface area contributed by atoms with E-state index in [1.54, 1.807) is 48.5 Å². The van der Waals surface area contributed by atoms with Gasteiger partial charge in [0.2, 0.25) is 0 Å². The monoisotopic (exact) mass is 370 g/mol. The first-order chi connectivity index (χ1) is 13.6. The zero-order valence-corrected chi connectivity index (χ0v) is 15.3. The van der Waals surface area contributed by atoms with Crippen molar-refractivity contribution < 1.29 is 14.4 Å². The van der Waals surface area contributed by atoms with Crippen molar-refractivity contribution in [2.45, 2.75) is 13.5 Å². The number of amides is 3. The highest BCUT2D eigenvalue weighted by atomic mass is 16.2. The number of aryl methyl sites for hydroxylation is 1. The molecule has 5 nitrogen and oxygen atoms in total. The molecule has 0 aliphatic carbocycles. The Balaban J connectivity index is 1.62. The number of para-hydroxylation sites is 1. The zero-order valence-electron chi connectivity index (χ0n) is 15.3. The molecule has 0 aromatic heterocycles. The molecule has 1 heterocycles. The van der Waals surface area contributed by atoms with Gasteiger partial charge in [-0.05, 0) is 36.8 Å². The Hall–Kier alpha value is -3.73. The van der Waals surface area contributed by atoms with E-state index < -0.39 is 11.8 Å². The van der Waals surface area contributed by atoms with Crippen molar-refractivity contribution in [1.82, 2.24) is 5.32 Å². The van der Waals surface area contributed by atoms with Gasteiger partial charge in [0.15, 0.2) is 0 Å². The molecule has 0 spiro atoms. The minimum atomic E-state index is -0.417. The number of imide groups is 1. The van der Waals surface area contributed by atoms with E-state index in [4.69, 9.17) is 0 Å². The Kier molecular flexibility index (Phi) is 4.49. The largest absolute Gasteiger partial charge is 0.348 e. The molecule has 0 unspecified atom stereocenters. The van der Waals surface area contributed by atoms with Crippen molar-refractivity contribution >= 4 is 23.4 Å². The van der Waals surface area contributed by atoms with Crippen molar-refractivity contribution in [2.24, 2.45) is 0 Å². The zero-order chi connectivity index (χ0) is 19.7. The van der Waals surface area contributed by atoms with E-state index in [1.165, 1.54) is 0 Å². The summed E-state index contributed by atoms with van der Waals surface area (Å²) in [5, 5.41) is 2.87. The second-order valence-electron chi connectivity index (χ2n) is 6.68. The Morgan fingerprint density at radius 2 is 1.50 bits per heavy atom. The van der Waals surface area contributed by atoms with Crippen LogP contribution in [0.25, 0.3) is 0 Å². The molecule has 0 saturated carbocycles. The molecule has 0 atom stereocenters. The average molecular weight is 370 g/mol. The van der Waals surface area contributed by atoms with Gasteiger partial charge >= 0.3 is 0 Å². The Morgan fingerprint density at radius 3 is 2.18 bits per heavy atom. The molecule has 3 aromatic rings. The third kappa shape index (κ3) is 3.07. The van der Waals surface area contributed by atoms with Crippen LogP contribution < -0.4 is 10.2 Å². The van der Waals surface area contributed by atoms with E-state index in [9.17, 15) is 14.4 Å². The van der Waals surface area contributed by atoms with Crippen molar-refractivity contribution in [1.29, 1.82) is 0 Å². The van der Waals surface area contributed by atoms with Crippen molar-refractivity contribution in [3.05, 3.63) is 101 Å². The third-order valence-corrected chi connectivity index (χ3v) is 4.72. The Morgan fingerprint density at radius 1 is 0.857 bits per heavy atom. The maximum absolute atomic E-state index is 12.8. The second-order valence-corrected chi connectivity index (χ2v) is 6.68. The van der Waals surface area contributed by atoms with Crippen LogP contribution in [0.3, 0.4) is 0 Å². The van der Waals surface area contributed by atoms with Crippen LogP contribution in [0.4, 0.5) is 5.69 Å². The molecule has 3 aromatic carbocycles.